The van der Waals surface area contributed by atoms with Gasteiger partial charge in [0.15, 0.2) is 0 Å². The summed E-state index contributed by atoms with van der Waals surface area (Å²) in [6.45, 7) is 1.79. The number of ether oxygens (including phenoxy) is 1. The predicted molar refractivity (Wildman–Crippen MR) is 62.1 cm³/mol. The first-order valence-electron chi connectivity index (χ1n) is 5.10. The van der Waals surface area contributed by atoms with Crippen LogP contribution in [-0.2, 0) is 19.4 Å². The van der Waals surface area contributed by atoms with Crippen molar-refractivity contribution in [3.05, 3.63) is 0 Å². The Morgan fingerprint density at radius 3 is 2.56 bits per heavy atom. The van der Waals surface area contributed by atoms with Crippen LogP contribution in [0.3, 0.4) is 0 Å². The van der Waals surface area contributed by atoms with Crippen LogP contribution in [0.25, 0.3) is 0 Å². The van der Waals surface area contributed by atoms with Crippen molar-refractivity contribution in [3.63, 3.8) is 0 Å². The van der Waals surface area contributed by atoms with Crippen molar-refractivity contribution in [2.24, 2.45) is 0 Å². The summed E-state index contributed by atoms with van der Waals surface area (Å²) in [4.78, 5) is 11.2. The smallest absolute Gasteiger partial charge is 0.233 e. The van der Waals surface area contributed by atoms with Crippen molar-refractivity contribution in [2.45, 2.75) is 6.42 Å². The highest BCUT2D eigenvalue weighted by Crippen LogP contribution is 1.86. The van der Waals surface area contributed by atoms with Crippen molar-refractivity contribution in [1.29, 1.82) is 0 Å². The molecule has 0 bridgehead atoms. The number of carbonyl (C=O) groups is 1. The van der Waals surface area contributed by atoms with E-state index in [1.807, 2.05) is 0 Å². The molecule has 96 valence electrons. The van der Waals surface area contributed by atoms with Crippen LogP contribution in [0.2, 0.25) is 0 Å². The molecule has 0 aromatic rings. The van der Waals surface area contributed by atoms with Crippen LogP contribution < -0.4 is 10.6 Å². The van der Waals surface area contributed by atoms with E-state index in [1.165, 1.54) is 6.26 Å². The van der Waals surface area contributed by atoms with E-state index < -0.39 is 9.84 Å². The van der Waals surface area contributed by atoms with Gasteiger partial charge in [0.05, 0.1) is 18.9 Å². The summed E-state index contributed by atoms with van der Waals surface area (Å²) in [7, 11) is -1.34. The van der Waals surface area contributed by atoms with Crippen molar-refractivity contribution >= 4 is 15.7 Å². The van der Waals surface area contributed by atoms with Crippen LogP contribution in [0, 0.1) is 0 Å². The van der Waals surface area contributed by atoms with E-state index in [0.717, 1.165) is 0 Å². The van der Waals surface area contributed by atoms with E-state index in [1.54, 1.807) is 7.11 Å². The number of sulfone groups is 1. The minimum absolute atomic E-state index is 0.102. The molecule has 0 rings (SSSR count). The molecule has 16 heavy (non-hydrogen) atoms. The molecule has 2 N–H and O–H groups in total. The Balaban J connectivity index is 3.37. The van der Waals surface area contributed by atoms with Crippen molar-refractivity contribution in [3.8, 4) is 0 Å². The molecule has 1 amide bonds. The molecule has 0 aliphatic carbocycles. The molecule has 0 unspecified atom stereocenters. The third-order valence-electron chi connectivity index (χ3n) is 1.78. The number of hydrogen-bond donors (Lipinski definition) is 2. The van der Waals surface area contributed by atoms with Gasteiger partial charge >= 0.3 is 0 Å². The van der Waals surface area contributed by atoms with Gasteiger partial charge in [-0.2, -0.15) is 0 Å². The number of methoxy groups -OCH3 is 1. The van der Waals surface area contributed by atoms with Gasteiger partial charge in [0.2, 0.25) is 5.91 Å². The van der Waals surface area contributed by atoms with Crippen LogP contribution in [0.1, 0.15) is 6.42 Å². The number of nitrogens with one attached hydrogen (secondary N) is 2. The third kappa shape index (κ3) is 11.4. The molecule has 6 nitrogen and oxygen atoms in total. The summed E-state index contributed by atoms with van der Waals surface area (Å²) < 4.78 is 26.4. The molecular formula is C9H20N2O4S. The van der Waals surface area contributed by atoms with Gasteiger partial charge in [-0.25, -0.2) is 8.42 Å². The van der Waals surface area contributed by atoms with E-state index >= 15 is 0 Å². The van der Waals surface area contributed by atoms with Crippen LogP contribution in [0.4, 0.5) is 0 Å². The number of hydrogen-bond acceptors (Lipinski definition) is 5. The fraction of sp³-hybridized carbons (Fsp3) is 0.889. The Kier molecular flexibility index (Phi) is 8.14. The summed E-state index contributed by atoms with van der Waals surface area (Å²) in [5.74, 6) is -0.0331. The second-order valence-electron chi connectivity index (χ2n) is 3.50. The Morgan fingerprint density at radius 2 is 2.00 bits per heavy atom. The summed E-state index contributed by atoms with van der Waals surface area (Å²) >= 11 is 0. The normalized spacial score (nSPS) is 11.4. The zero-order chi connectivity index (χ0) is 12.4. The van der Waals surface area contributed by atoms with Gasteiger partial charge in [0.1, 0.15) is 9.84 Å². The van der Waals surface area contributed by atoms with E-state index in [4.69, 9.17) is 4.74 Å². The zero-order valence-electron chi connectivity index (χ0n) is 9.78. The molecule has 0 aliphatic heterocycles. The molecule has 7 heteroatoms. The van der Waals surface area contributed by atoms with E-state index in [0.29, 0.717) is 26.1 Å². The standard InChI is InChI=1S/C9H20N2O4S/c1-15-6-5-10-8-9(12)11-4-3-7-16(2,13)14/h10H,3-8H2,1-2H3,(H,11,12). The molecule has 0 aromatic heterocycles. The van der Waals surface area contributed by atoms with Crippen LogP contribution in [0.5, 0.6) is 0 Å². The molecule has 0 aromatic carbocycles. The lowest BCUT2D eigenvalue weighted by molar-refractivity contribution is -0.120. The zero-order valence-corrected chi connectivity index (χ0v) is 10.6. The highest BCUT2D eigenvalue weighted by molar-refractivity contribution is 7.90. The first-order valence-corrected chi connectivity index (χ1v) is 7.16. The van der Waals surface area contributed by atoms with Crippen LogP contribution >= 0.6 is 0 Å². The average Bonchev–Trinajstić information content (AvgIpc) is 2.18. The molecule has 0 radical (unpaired) electrons. The minimum Gasteiger partial charge on any atom is -0.383 e. The number of amides is 1. The molecule has 0 fully saturated rings. The minimum atomic E-state index is -2.93. The van der Waals surface area contributed by atoms with E-state index in [2.05, 4.69) is 10.6 Å². The van der Waals surface area contributed by atoms with Crippen molar-refractivity contribution in [1.82, 2.24) is 10.6 Å². The van der Waals surface area contributed by atoms with Crippen LogP contribution in [-0.4, -0.2) is 59.7 Å². The molecule has 0 saturated heterocycles. The van der Waals surface area contributed by atoms with Gasteiger partial charge in [0, 0.05) is 26.5 Å². The largest absolute Gasteiger partial charge is 0.383 e. The maximum atomic E-state index is 11.2. The highest BCUT2D eigenvalue weighted by Gasteiger charge is 2.03. The lowest BCUT2D eigenvalue weighted by atomic mass is 10.4. The summed E-state index contributed by atoms with van der Waals surface area (Å²) in [5, 5.41) is 5.51. The average molecular weight is 252 g/mol. The van der Waals surface area contributed by atoms with E-state index in [9.17, 15) is 13.2 Å². The van der Waals surface area contributed by atoms with Crippen LogP contribution in [0.15, 0.2) is 0 Å². The van der Waals surface area contributed by atoms with E-state index in [-0.39, 0.29) is 18.2 Å². The Bertz CT molecular complexity index is 290. The second-order valence-corrected chi connectivity index (χ2v) is 5.76. The third-order valence-corrected chi connectivity index (χ3v) is 2.81. The quantitative estimate of drug-likeness (QED) is 0.502. The summed E-state index contributed by atoms with van der Waals surface area (Å²) in [5.41, 5.74) is 0. The van der Waals surface area contributed by atoms with Gasteiger partial charge in [0.25, 0.3) is 0 Å². The first kappa shape index (κ1) is 15.3. The lowest BCUT2D eigenvalue weighted by Crippen LogP contribution is -2.36. The van der Waals surface area contributed by atoms with Gasteiger partial charge in [-0.1, -0.05) is 0 Å². The molecular weight excluding hydrogens is 232 g/mol. The topological polar surface area (TPSA) is 84.5 Å². The number of rotatable bonds is 9. The van der Waals surface area contributed by atoms with Gasteiger partial charge < -0.3 is 15.4 Å². The first-order chi connectivity index (χ1) is 7.45. The van der Waals surface area contributed by atoms with Crippen molar-refractivity contribution < 1.29 is 17.9 Å². The molecule has 0 aliphatic rings. The molecule has 0 saturated carbocycles. The SMILES string of the molecule is COCCNCC(=O)NCCCS(C)(=O)=O. The monoisotopic (exact) mass is 252 g/mol. The molecule has 0 atom stereocenters. The predicted octanol–water partition coefficient (Wildman–Crippen LogP) is -1.23. The number of carbonyl (C=O) groups excluding carboxylic acids is 1. The summed E-state index contributed by atoms with van der Waals surface area (Å²) in [6.07, 6.45) is 1.63. The lowest BCUT2D eigenvalue weighted by Gasteiger charge is -2.05. The van der Waals surface area contributed by atoms with Gasteiger partial charge in [-0.15, -0.1) is 0 Å². The maximum Gasteiger partial charge on any atom is 0.233 e. The van der Waals surface area contributed by atoms with Gasteiger partial charge in [-0.3, -0.25) is 4.79 Å². The Morgan fingerprint density at radius 1 is 1.31 bits per heavy atom. The Labute approximate surface area is 96.7 Å². The fourth-order valence-electron chi connectivity index (χ4n) is 1.00. The highest BCUT2D eigenvalue weighted by atomic mass is 32.2. The van der Waals surface area contributed by atoms with Crippen molar-refractivity contribution in [2.75, 3.05) is 45.4 Å². The maximum absolute atomic E-state index is 11.2. The van der Waals surface area contributed by atoms with Gasteiger partial charge in [-0.05, 0) is 6.42 Å². The molecule has 0 heterocycles. The summed E-state index contributed by atoms with van der Waals surface area (Å²) in [6, 6.07) is 0. The second kappa shape index (κ2) is 8.49. The molecule has 0 spiro atoms. The Hall–Kier alpha value is -0.660. The fourth-order valence-corrected chi connectivity index (χ4v) is 1.67.